The van der Waals surface area contributed by atoms with E-state index in [1.165, 1.54) is 19.3 Å². The van der Waals surface area contributed by atoms with Gasteiger partial charge in [0.15, 0.2) is 5.82 Å². The molecule has 2 unspecified atom stereocenters. The van der Waals surface area contributed by atoms with Gasteiger partial charge in [0, 0.05) is 12.5 Å². The zero-order chi connectivity index (χ0) is 14.4. The standard InChI is InChI=1S/C15H28N4O/c1-3-5-9-14-17-15(20-18-14)11-19(4-2)13-8-6-7-12(13)10-16/h12-13H,3-11,16H2,1-2H3. The Morgan fingerprint density at radius 3 is 2.90 bits per heavy atom. The fraction of sp³-hybridized carbons (Fsp3) is 0.867. The molecule has 2 rings (SSSR count). The lowest BCUT2D eigenvalue weighted by Crippen LogP contribution is -2.39. The van der Waals surface area contributed by atoms with Crippen molar-refractivity contribution < 1.29 is 4.52 Å². The summed E-state index contributed by atoms with van der Waals surface area (Å²) in [6.45, 7) is 6.92. The Morgan fingerprint density at radius 1 is 1.35 bits per heavy atom. The first kappa shape index (κ1) is 15.4. The molecule has 0 aliphatic heterocycles. The van der Waals surface area contributed by atoms with Gasteiger partial charge in [0.1, 0.15) is 0 Å². The number of unbranched alkanes of at least 4 members (excludes halogenated alkanes) is 1. The van der Waals surface area contributed by atoms with E-state index in [1.54, 1.807) is 0 Å². The van der Waals surface area contributed by atoms with Crippen molar-refractivity contribution in [2.24, 2.45) is 11.7 Å². The molecular weight excluding hydrogens is 252 g/mol. The van der Waals surface area contributed by atoms with Crippen LogP contribution in [-0.2, 0) is 13.0 Å². The predicted octanol–water partition coefficient (Wildman–Crippen LogP) is 2.36. The van der Waals surface area contributed by atoms with Gasteiger partial charge in [0.05, 0.1) is 6.54 Å². The highest BCUT2D eigenvalue weighted by Crippen LogP contribution is 2.29. The topological polar surface area (TPSA) is 68.2 Å². The van der Waals surface area contributed by atoms with E-state index in [0.717, 1.165) is 50.6 Å². The number of aromatic nitrogens is 2. The zero-order valence-electron chi connectivity index (χ0n) is 12.8. The van der Waals surface area contributed by atoms with Gasteiger partial charge in [-0.25, -0.2) is 0 Å². The molecule has 20 heavy (non-hydrogen) atoms. The van der Waals surface area contributed by atoms with E-state index in [4.69, 9.17) is 10.3 Å². The number of hydrogen-bond donors (Lipinski definition) is 1. The summed E-state index contributed by atoms with van der Waals surface area (Å²) in [4.78, 5) is 6.95. The Bertz CT molecular complexity index is 393. The second-order valence-electron chi connectivity index (χ2n) is 5.77. The zero-order valence-corrected chi connectivity index (χ0v) is 12.8. The lowest BCUT2D eigenvalue weighted by Gasteiger charge is -2.30. The van der Waals surface area contributed by atoms with Gasteiger partial charge in [0.25, 0.3) is 0 Å². The predicted molar refractivity (Wildman–Crippen MR) is 79.2 cm³/mol. The van der Waals surface area contributed by atoms with Crippen LogP contribution in [0.2, 0.25) is 0 Å². The highest BCUT2D eigenvalue weighted by Gasteiger charge is 2.31. The second-order valence-corrected chi connectivity index (χ2v) is 5.77. The fourth-order valence-electron chi connectivity index (χ4n) is 3.20. The average molecular weight is 280 g/mol. The summed E-state index contributed by atoms with van der Waals surface area (Å²) in [6, 6.07) is 0.580. The first-order valence-electron chi connectivity index (χ1n) is 8.04. The maximum atomic E-state index is 5.89. The third kappa shape index (κ3) is 3.79. The SMILES string of the molecule is CCCCc1noc(CN(CC)C2CCCC2CN)n1. The maximum Gasteiger partial charge on any atom is 0.240 e. The van der Waals surface area contributed by atoms with E-state index in [2.05, 4.69) is 28.9 Å². The van der Waals surface area contributed by atoms with Gasteiger partial charge in [-0.3, -0.25) is 4.90 Å². The van der Waals surface area contributed by atoms with E-state index in [0.29, 0.717) is 12.0 Å². The molecule has 1 aliphatic carbocycles. The van der Waals surface area contributed by atoms with Crippen molar-refractivity contribution in [3.63, 3.8) is 0 Å². The quantitative estimate of drug-likeness (QED) is 0.791. The van der Waals surface area contributed by atoms with Crippen molar-refractivity contribution in [1.82, 2.24) is 15.0 Å². The summed E-state index contributed by atoms with van der Waals surface area (Å²) in [5.74, 6) is 2.22. The Kier molecular flexibility index (Phi) is 5.98. The molecule has 0 bridgehead atoms. The third-order valence-electron chi connectivity index (χ3n) is 4.40. The van der Waals surface area contributed by atoms with E-state index >= 15 is 0 Å². The first-order valence-corrected chi connectivity index (χ1v) is 8.04. The van der Waals surface area contributed by atoms with Crippen molar-refractivity contribution >= 4 is 0 Å². The molecule has 2 atom stereocenters. The molecule has 0 amide bonds. The van der Waals surface area contributed by atoms with Gasteiger partial charge in [-0.05, 0) is 38.3 Å². The molecular formula is C15H28N4O. The Hall–Kier alpha value is -0.940. The summed E-state index contributed by atoms with van der Waals surface area (Å²) in [5.41, 5.74) is 5.89. The largest absolute Gasteiger partial charge is 0.338 e. The normalized spacial score (nSPS) is 22.8. The van der Waals surface area contributed by atoms with E-state index in [1.807, 2.05) is 0 Å². The number of rotatable bonds is 8. The van der Waals surface area contributed by atoms with Crippen LogP contribution in [0.3, 0.4) is 0 Å². The molecule has 1 aromatic rings. The molecule has 1 saturated carbocycles. The van der Waals surface area contributed by atoms with Crippen LogP contribution in [0.1, 0.15) is 57.7 Å². The fourth-order valence-corrected chi connectivity index (χ4v) is 3.20. The maximum absolute atomic E-state index is 5.89. The van der Waals surface area contributed by atoms with Crippen LogP contribution in [-0.4, -0.2) is 34.2 Å². The van der Waals surface area contributed by atoms with Crippen LogP contribution in [0.25, 0.3) is 0 Å². The number of hydrogen-bond acceptors (Lipinski definition) is 5. The monoisotopic (exact) mass is 280 g/mol. The van der Waals surface area contributed by atoms with Crippen LogP contribution in [0.15, 0.2) is 4.52 Å². The highest BCUT2D eigenvalue weighted by atomic mass is 16.5. The smallest absolute Gasteiger partial charge is 0.240 e. The summed E-state index contributed by atoms with van der Waals surface area (Å²) < 4.78 is 5.39. The van der Waals surface area contributed by atoms with Crippen molar-refractivity contribution in [3.8, 4) is 0 Å². The first-order chi connectivity index (χ1) is 9.78. The molecule has 114 valence electrons. The molecule has 1 heterocycles. The summed E-state index contributed by atoms with van der Waals surface area (Å²) in [6.07, 6.45) is 6.98. The number of aryl methyl sites for hydroxylation is 1. The summed E-state index contributed by atoms with van der Waals surface area (Å²) in [5, 5.41) is 4.07. The highest BCUT2D eigenvalue weighted by molar-refractivity contribution is 4.90. The van der Waals surface area contributed by atoms with Gasteiger partial charge in [-0.15, -0.1) is 0 Å². The van der Waals surface area contributed by atoms with Gasteiger partial charge in [-0.2, -0.15) is 4.98 Å². The number of nitrogens with zero attached hydrogens (tertiary/aromatic N) is 3. The molecule has 0 saturated heterocycles. The minimum atomic E-state index is 0.580. The van der Waals surface area contributed by atoms with E-state index < -0.39 is 0 Å². The Labute approximate surface area is 121 Å². The molecule has 1 aromatic heterocycles. The molecule has 1 aliphatic rings. The number of nitrogens with two attached hydrogens (primary N) is 1. The van der Waals surface area contributed by atoms with Crippen molar-refractivity contribution in [3.05, 3.63) is 11.7 Å². The molecule has 0 aromatic carbocycles. The average Bonchev–Trinajstić information content (AvgIpc) is 3.11. The molecule has 1 fully saturated rings. The Morgan fingerprint density at radius 2 is 2.20 bits per heavy atom. The summed E-state index contributed by atoms with van der Waals surface area (Å²) >= 11 is 0. The third-order valence-corrected chi connectivity index (χ3v) is 4.40. The minimum absolute atomic E-state index is 0.580. The van der Waals surface area contributed by atoms with Crippen LogP contribution in [0, 0.1) is 5.92 Å². The van der Waals surface area contributed by atoms with E-state index in [9.17, 15) is 0 Å². The molecule has 5 heteroatoms. The van der Waals surface area contributed by atoms with Gasteiger partial charge >= 0.3 is 0 Å². The van der Waals surface area contributed by atoms with Crippen LogP contribution < -0.4 is 5.73 Å². The van der Waals surface area contributed by atoms with Crippen molar-refractivity contribution in [2.45, 2.75) is 65.0 Å². The van der Waals surface area contributed by atoms with Gasteiger partial charge < -0.3 is 10.3 Å². The Balaban J connectivity index is 1.93. The lowest BCUT2D eigenvalue weighted by atomic mass is 10.0. The minimum Gasteiger partial charge on any atom is -0.338 e. The van der Waals surface area contributed by atoms with Crippen molar-refractivity contribution in [1.29, 1.82) is 0 Å². The molecule has 0 spiro atoms. The van der Waals surface area contributed by atoms with Crippen LogP contribution >= 0.6 is 0 Å². The summed E-state index contributed by atoms with van der Waals surface area (Å²) in [7, 11) is 0. The van der Waals surface area contributed by atoms with Crippen molar-refractivity contribution in [2.75, 3.05) is 13.1 Å². The van der Waals surface area contributed by atoms with Gasteiger partial charge in [0.2, 0.25) is 5.89 Å². The van der Waals surface area contributed by atoms with Crippen LogP contribution in [0.4, 0.5) is 0 Å². The molecule has 5 nitrogen and oxygen atoms in total. The van der Waals surface area contributed by atoms with E-state index in [-0.39, 0.29) is 0 Å². The second kappa shape index (κ2) is 7.74. The van der Waals surface area contributed by atoms with Crippen LogP contribution in [0.5, 0.6) is 0 Å². The van der Waals surface area contributed by atoms with Gasteiger partial charge in [-0.1, -0.05) is 31.8 Å². The molecule has 2 N–H and O–H groups in total. The lowest BCUT2D eigenvalue weighted by molar-refractivity contribution is 0.143. The molecule has 0 radical (unpaired) electrons.